The van der Waals surface area contributed by atoms with Gasteiger partial charge in [0, 0.05) is 18.3 Å². The van der Waals surface area contributed by atoms with Gasteiger partial charge >= 0.3 is 6.03 Å². The molecule has 0 unspecified atom stereocenters. The molecule has 0 saturated heterocycles. The average molecular weight is 355 g/mol. The number of amides is 3. The van der Waals surface area contributed by atoms with Gasteiger partial charge < -0.3 is 20.7 Å². The number of hydrogen-bond acceptors (Lipinski definition) is 3. The molecule has 0 fully saturated rings. The smallest absolute Gasteiger partial charge is 0.321 e. The summed E-state index contributed by atoms with van der Waals surface area (Å²) < 4.78 is 5.79. The first-order valence-corrected chi connectivity index (χ1v) is 8.55. The number of nitrogens with two attached hydrogens (primary N) is 1. The molecule has 0 aliphatic rings. The van der Waals surface area contributed by atoms with E-state index < -0.39 is 5.91 Å². The van der Waals surface area contributed by atoms with Crippen LogP contribution in [0.1, 0.15) is 28.4 Å². The van der Waals surface area contributed by atoms with Gasteiger partial charge in [-0.25, -0.2) is 4.79 Å². The van der Waals surface area contributed by atoms with Crippen LogP contribution in [0.5, 0.6) is 5.75 Å². The van der Waals surface area contributed by atoms with Crippen molar-refractivity contribution in [3.8, 4) is 5.75 Å². The van der Waals surface area contributed by atoms with Gasteiger partial charge in [-0.2, -0.15) is 0 Å². The number of urea groups is 1. The van der Waals surface area contributed by atoms with Crippen molar-refractivity contribution in [2.45, 2.75) is 20.3 Å². The predicted molar refractivity (Wildman–Crippen MR) is 103 cm³/mol. The number of aryl methyl sites for hydroxylation is 2. The van der Waals surface area contributed by atoms with Crippen molar-refractivity contribution in [2.75, 3.05) is 25.5 Å². The van der Waals surface area contributed by atoms with Gasteiger partial charge in [0.1, 0.15) is 12.4 Å². The maximum absolute atomic E-state index is 12.3. The van der Waals surface area contributed by atoms with Crippen molar-refractivity contribution in [3.05, 3.63) is 59.2 Å². The highest BCUT2D eigenvalue weighted by Gasteiger charge is 2.12. The molecule has 6 heteroatoms. The number of nitrogens with one attached hydrogen (secondary N) is 1. The topological polar surface area (TPSA) is 84.7 Å². The lowest BCUT2D eigenvalue weighted by molar-refractivity contribution is 0.1000. The van der Waals surface area contributed by atoms with Crippen LogP contribution in [-0.2, 0) is 6.42 Å². The number of benzene rings is 2. The number of carbonyl (C=O) groups is 2. The zero-order valence-electron chi connectivity index (χ0n) is 15.4. The summed E-state index contributed by atoms with van der Waals surface area (Å²) >= 11 is 0. The second-order valence-electron chi connectivity index (χ2n) is 6.06. The molecule has 0 radical (unpaired) electrons. The van der Waals surface area contributed by atoms with E-state index in [0.29, 0.717) is 24.4 Å². The van der Waals surface area contributed by atoms with Crippen LogP contribution in [0.25, 0.3) is 0 Å². The molecule has 0 bridgehead atoms. The highest BCUT2D eigenvalue weighted by atomic mass is 16.5. The Hall–Kier alpha value is -3.02. The van der Waals surface area contributed by atoms with Crippen molar-refractivity contribution >= 4 is 17.6 Å². The average Bonchev–Trinajstić information content (AvgIpc) is 2.63. The second kappa shape index (κ2) is 8.89. The molecular formula is C20H25N3O3. The first kappa shape index (κ1) is 19.3. The van der Waals surface area contributed by atoms with E-state index >= 15 is 0 Å². The summed E-state index contributed by atoms with van der Waals surface area (Å²) in [4.78, 5) is 25.1. The molecule has 0 aliphatic carbocycles. The lowest BCUT2D eigenvalue weighted by Gasteiger charge is -2.19. The molecule has 3 amide bonds. The number of primary amides is 1. The Morgan fingerprint density at radius 1 is 1.19 bits per heavy atom. The standard InChI is InChI=1S/C20H25N3O3/c1-4-15-7-5-6-8-18(15)26-12-11-23(3)20(25)22-17-10-9-16(19(21)24)13-14(17)2/h5-10,13H,4,11-12H2,1-3H3,(H2,21,24)(H,22,25). The Kier molecular flexibility index (Phi) is 6.60. The van der Waals surface area contributed by atoms with Crippen molar-refractivity contribution in [1.29, 1.82) is 0 Å². The maximum Gasteiger partial charge on any atom is 0.321 e. The minimum atomic E-state index is -0.493. The number of likely N-dealkylation sites (N-methyl/N-ethyl adjacent to an activating group) is 1. The van der Waals surface area contributed by atoms with Gasteiger partial charge in [-0.15, -0.1) is 0 Å². The van der Waals surface area contributed by atoms with E-state index in [1.807, 2.05) is 31.2 Å². The molecule has 6 nitrogen and oxygen atoms in total. The summed E-state index contributed by atoms with van der Waals surface area (Å²) in [6.07, 6.45) is 0.896. The number of anilines is 1. The van der Waals surface area contributed by atoms with Crippen LogP contribution in [-0.4, -0.2) is 37.0 Å². The number of ether oxygens (including phenoxy) is 1. The summed E-state index contributed by atoms with van der Waals surface area (Å²) in [6.45, 7) is 4.74. The molecule has 26 heavy (non-hydrogen) atoms. The van der Waals surface area contributed by atoms with Crippen LogP contribution in [0.3, 0.4) is 0 Å². The van der Waals surface area contributed by atoms with Gasteiger partial charge in [0.25, 0.3) is 0 Å². The largest absolute Gasteiger partial charge is 0.491 e. The summed E-state index contributed by atoms with van der Waals surface area (Å²) in [7, 11) is 1.71. The fourth-order valence-corrected chi connectivity index (χ4v) is 2.50. The van der Waals surface area contributed by atoms with E-state index in [-0.39, 0.29) is 6.03 Å². The summed E-state index contributed by atoms with van der Waals surface area (Å²) in [5.41, 5.74) is 8.23. The van der Waals surface area contributed by atoms with Crippen molar-refractivity contribution in [2.24, 2.45) is 5.73 Å². The first-order chi connectivity index (χ1) is 12.4. The van der Waals surface area contributed by atoms with Gasteiger partial charge in [0.05, 0.1) is 6.54 Å². The van der Waals surface area contributed by atoms with Crippen molar-refractivity contribution in [3.63, 3.8) is 0 Å². The zero-order valence-corrected chi connectivity index (χ0v) is 15.4. The third kappa shape index (κ3) is 4.99. The molecule has 0 atom stereocenters. The molecule has 2 aromatic rings. The van der Waals surface area contributed by atoms with Gasteiger partial charge in [0.15, 0.2) is 0 Å². The second-order valence-corrected chi connectivity index (χ2v) is 6.06. The molecule has 0 spiro atoms. The number of para-hydroxylation sites is 1. The predicted octanol–water partition coefficient (Wildman–Crippen LogP) is 3.20. The summed E-state index contributed by atoms with van der Waals surface area (Å²) in [5, 5.41) is 2.83. The van der Waals surface area contributed by atoms with Crippen LogP contribution < -0.4 is 15.8 Å². The molecule has 2 aromatic carbocycles. The lowest BCUT2D eigenvalue weighted by atomic mass is 10.1. The van der Waals surface area contributed by atoms with E-state index in [0.717, 1.165) is 23.3 Å². The molecule has 0 saturated carbocycles. The number of carbonyl (C=O) groups excluding carboxylic acids is 2. The normalized spacial score (nSPS) is 10.3. The third-order valence-corrected chi connectivity index (χ3v) is 4.14. The van der Waals surface area contributed by atoms with Crippen LogP contribution >= 0.6 is 0 Å². The maximum atomic E-state index is 12.3. The van der Waals surface area contributed by atoms with Gasteiger partial charge in [0.2, 0.25) is 5.91 Å². The van der Waals surface area contributed by atoms with Gasteiger partial charge in [-0.3, -0.25) is 4.79 Å². The molecule has 0 aromatic heterocycles. The van der Waals surface area contributed by atoms with Crippen LogP contribution in [0, 0.1) is 6.92 Å². The Labute approximate surface area is 153 Å². The quantitative estimate of drug-likeness (QED) is 0.800. The molecule has 2 rings (SSSR count). The van der Waals surface area contributed by atoms with Crippen molar-refractivity contribution < 1.29 is 14.3 Å². The zero-order chi connectivity index (χ0) is 19.1. The Morgan fingerprint density at radius 2 is 1.92 bits per heavy atom. The first-order valence-electron chi connectivity index (χ1n) is 8.55. The fraction of sp³-hybridized carbons (Fsp3) is 0.300. The van der Waals surface area contributed by atoms with E-state index in [4.69, 9.17) is 10.5 Å². The Morgan fingerprint density at radius 3 is 2.58 bits per heavy atom. The number of rotatable bonds is 7. The van der Waals surface area contributed by atoms with Crippen molar-refractivity contribution in [1.82, 2.24) is 4.90 Å². The Balaban J connectivity index is 1.88. The highest BCUT2D eigenvalue weighted by molar-refractivity contribution is 5.95. The third-order valence-electron chi connectivity index (χ3n) is 4.14. The monoisotopic (exact) mass is 355 g/mol. The number of nitrogens with zero attached hydrogens (tertiary/aromatic N) is 1. The summed E-state index contributed by atoms with van der Waals surface area (Å²) in [5.74, 6) is 0.356. The molecule has 0 heterocycles. The van der Waals surface area contributed by atoms with Gasteiger partial charge in [-0.1, -0.05) is 25.1 Å². The fourth-order valence-electron chi connectivity index (χ4n) is 2.50. The van der Waals surface area contributed by atoms with Crippen LogP contribution in [0.15, 0.2) is 42.5 Å². The molecule has 138 valence electrons. The van der Waals surface area contributed by atoms with Crippen LogP contribution in [0.4, 0.5) is 10.5 Å². The Bertz CT molecular complexity index is 790. The van der Waals surface area contributed by atoms with E-state index in [2.05, 4.69) is 12.2 Å². The molecular weight excluding hydrogens is 330 g/mol. The van der Waals surface area contributed by atoms with E-state index in [1.165, 1.54) is 0 Å². The SMILES string of the molecule is CCc1ccccc1OCCN(C)C(=O)Nc1ccc(C(N)=O)cc1C. The summed E-state index contributed by atoms with van der Waals surface area (Å²) in [6, 6.07) is 12.6. The van der Waals surface area contributed by atoms with Gasteiger partial charge in [-0.05, 0) is 48.7 Å². The highest BCUT2D eigenvalue weighted by Crippen LogP contribution is 2.19. The minimum absolute atomic E-state index is 0.243. The van der Waals surface area contributed by atoms with E-state index in [9.17, 15) is 9.59 Å². The lowest BCUT2D eigenvalue weighted by Crippen LogP contribution is -2.34. The number of hydrogen-bond donors (Lipinski definition) is 2. The molecule has 3 N–H and O–H groups in total. The van der Waals surface area contributed by atoms with Crippen LogP contribution in [0.2, 0.25) is 0 Å². The van der Waals surface area contributed by atoms with E-state index in [1.54, 1.807) is 30.1 Å². The minimum Gasteiger partial charge on any atom is -0.491 e. The molecule has 0 aliphatic heterocycles.